The predicted octanol–water partition coefficient (Wildman–Crippen LogP) is 22.5. The molecule has 5 aliphatic rings. The summed E-state index contributed by atoms with van der Waals surface area (Å²) in [5, 5.41) is 7.75. The van der Waals surface area contributed by atoms with Crippen LogP contribution in [0.15, 0.2) is 227 Å². The maximum Gasteiger partial charge on any atom is -0.00297 e. The molecule has 376 valence electrons. The maximum atomic E-state index is 4.60. The molecule has 0 atom stereocenters. The smallest absolute Gasteiger partial charge is 0.00297 e. The molecule has 0 N–H and O–H groups in total. The molecule has 0 heteroatoms. The Bertz CT molecular complexity index is 2940. The Kier molecular flexibility index (Phi) is 26.2. The molecule has 4 aromatic rings. The lowest BCUT2D eigenvalue weighted by Gasteiger charge is -2.20. The molecule has 0 aliphatic heterocycles. The van der Waals surface area contributed by atoms with Crippen molar-refractivity contribution in [3.05, 3.63) is 238 Å². The van der Waals surface area contributed by atoms with E-state index in [2.05, 4.69) is 190 Å². The first-order valence-corrected chi connectivity index (χ1v) is 26.5. The van der Waals surface area contributed by atoms with Crippen molar-refractivity contribution in [1.29, 1.82) is 0 Å². The van der Waals surface area contributed by atoms with E-state index in [0.29, 0.717) is 0 Å². The second kappa shape index (κ2) is 31.6. The van der Waals surface area contributed by atoms with Crippen molar-refractivity contribution >= 4 is 43.5 Å². The number of allylic oxidation sites excluding steroid dienone is 28. The highest BCUT2D eigenvalue weighted by Crippen LogP contribution is 2.41. The molecular formula is C72H88. The highest BCUT2D eigenvalue weighted by Gasteiger charge is 2.19. The highest BCUT2D eigenvalue weighted by molar-refractivity contribution is 6.26. The topological polar surface area (TPSA) is 0 Å². The first kappa shape index (κ1) is 59.6. The third-order valence-corrected chi connectivity index (χ3v) is 13.4. The number of hydrogen-bond acceptors (Lipinski definition) is 0. The van der Waals surface area contributed by atoms with Gasteiger partial charge in [-0.05, 0) is 190 Å². The van der Waals surface area contributed by atoms with Gasteiger partial charge in [0.1, 0.15) is 0 Å². The Morgan fingerprint density at radius 1 is 0.611 bits per heavy atom. The zero-order chi connectivity index (χ0) is 50.3. The van der Waals surface area contributed by atoms with E-state index >= 15 is 0 Å². The third-order valence-electron chi connectivity index (χ3n) is 13.4. The molecule has 0 spiro atoms. The average molecular weight is 953 g/mol. The largest absolute Gasteiger partial charge is 0.120 e. The van der Waals surface area contributed by atoms with Gasteiger partial charge in [0.15, 0.2) is 0 Å². The van der Waals surface area contributed by atoms with Crippen molar-refractivity contribution < 1.29 is 0 Å². The summed E-state index contributed by atoms with van der Waals surface area (Å²) in [6, 6.07) is 23.2. The summed E-state index contributed by atoms with van der Waals surface area (Å²) in [6.45, 7) is 24.8. The van der Waals surface area contributed by atoms with Gasteiger partial charge in [-0.2, -0.15) is 0 Å². The fraction of sp³-hybridized carbons (Fsp3) is 0.306. The summed E-state index contributed by atoms with van der Waals surface area (Å²) in [5.41, 5.74) is 17.9. The Balaban J connectivity index is 0.00000117. The van der Waals surface area contributed by atoms with Crippen molar-refractivity contribution in [2.45, 2.75) is 147 Å². The monoisotopic (exact) mass is 953 g/mol. The van der Waals surface area contributed by atoms with Crippen molar-refractivity contribution in [2.75, 3.05) is 0 Å². The summed E-state index contributed by atoms with van der Waals surface area (Å²) in [7, 11) is 0. The summed E-state index contributed by atoms with van der Waals surface area (Å²) < 4.78 is 0. The summed E-state index contributed by atoms with van der Waals surface area (Å²) >= 11 is 0. The number of terminal acetylenes is 1. The molecule has 0 fully saturated rings. The fourth-order valence-corrected chi connectivity index (χ4v) is 10.3. The zero-order valence-corrected chi connectivity index (χ0v) is 44.1. The standard InChI is InChI=1S/C61H58.C3H4.3C2H6.2CH4/c1-4-44(35-38-57-51(5-2)43(3)21-10-6-11-22-46-23-12-8-17-30-54(46)57)49-36-39-58-59-40-37-50(42-61(59)56-32-19-18-31-55(56)60(58)41-49)45-26-20-27-47-24-13-7-15-28-52(47)53-29-16-9-14-25-48(53)34-33-45;1-3-2;3*1-2;;/h4,6,8-14,17-21,24,26,30-33,35-37,39-42H,1,3,5,7,15-16,22-23,25,27-29,34,38H2,2H3;1H,2H3;3*1-2H3;2*1H4/b11-6-,21-10-,26-20-,44-35?,45-33+,57-51-;;;;;;. The van der Waals surface area contributed by atoms with Gasteiger partial charge in [0, 0.05) is 0 Å². The fourth-order valence-electron chi connectivity index (χ4n) is 10.3. The van der Waals surface area contributed by atoms with E-state index in [-0.39, 0.29) is 14.9 Å². The summed E-state index contributed by atoms with van der Waals surface area (Å²) in [5.74, 6) is 2.25. The van der Waals surface area contributed by atoms with Gasteiger partial charge in [-0.1, -0.05) is 239 Å². The molecule has 9 rings (SSSR count). The lowest BCUT2D eigenvalue weighted by atomic mass is 9.85. The van der Waals surface area contributed by atoms with E-state index in [1.54, 1.807) is 23.6 Å². The second-order valence-corrected chi connectivity index (χ2v) is 17.3. The summed E-state index contributed by atoms with van der Waals surface area (Å²) in [4.78, 5) is 0. The van der Waals surface area contributed by atoms with Gasteiger partial charge in [0.25, 0.3) is 0 Å². The van der Waals surface area contributed by atoms with E-state index < -0.39 is 0 Å². The van der Waals surface area contributed by atoms with Crippen LogP contribution < -0.4 is 0 Å². The van der Waals surface area contributed by atoms with E-state index in [0.717, 1.165) is 68.9 Å². The molecule has 0 heterocycles. The van der Waals surface area contributed by atoms with Gasteiger partial charge in [-0.3, -0.25) is 0 Å². The van der Waals surface area contributed by atoms with E-state index in [1.165, 1.54) is 96.1 Å². The Hall–Kier alpha value is -6.68. The van der Waals surface area contributed by atoms with Gasteiger partial charge >= 0.3 is 0 Å². The zero-order valence-electron chi connectivity index (χ0n) is 44.1. The van der Waals surface area contributed by atoms with Crippen LogP contribution in [-0.4, -0.2) is 0 Å². The van der Waals surface area contributed by atoms with Crippen molar-refractivity contribution in [3.63, 3.8) is 0 Å². The molecule has 0 saturated heterocycles. The molecular weight excluding hydrogens is 865 g/mol. The van der Waals surface area contributed by atoms with Gasteiger partial charge < -0.3 is 0 Å². The average Bonchev–Trinajstić information content (AvgIpc) is 3.91. The molecule has 0 amide bonds. The van der Waals surface area contributed by atoms with Crippen molar-refractivity contribution in [3.8, 4) is 12.3 Å². The van der Waals surface area contributed by atoms with Crippen LogP contribution in [0, 0.1) is 12.3 Å². The van der Waals surface area contributed by atoms with Gasteiger partial charge in [0.2, 0.25) is 0 Å². The lowest BCUT2D eigenvalue weighted by molar-refractivity contribution is 0.815. The third kappa shape index (κ3) is 14.5. The minimum atomic E-state index is 0. The minimum absolute atomic E-state index is 0. The van der Waals surface area contributed by atoms with Crippen LogP contribution in [0.5, 0.6) is 0 Å². The van der Waals surface area contributed by atoms with Crippen LogP contribution in [0.3, 0.4) is 0 Å². The van der Waals surface area contributed by atoms with Crippen LogP contribution in [0.1, 0.15) is 158 Å². The number of fused-ring (bicyclic) bond motifs is 7. The molecule has 0 unspecified atom stereocenters. The van der Waals surface area contributed by atoms with Crippen LogP contribution in [-0.2, 0) is 0 Å². The first-order chi connectivity index (χ1) is 34.5. The van der Waals surface area contributed by atoms with Crippen molar-refractivity contribution in [2.24, 2.45) is 0 Å². The number of hydrogen-bond donors (Lipinski definition) is 0. The Morgan fingerprint density at radius 3 is 1.93 bits per heavy atom. The predicted molar refractivity (Wildman–Crippen MR) is 329 cm³/mol. The Labute approximate surface area is 439 Å². The minimum Gasteiger partial charge on any atom is -0.120 e. The van der Waals surface area contributed by atoms with Crippen LogP contribution >= 0.6 is 0 Å². The van der Waals surface area contributed by atoms with Crippen LogP contribution in [0.2, 0.25) is 0 Å². The molecule has 0 aromatic heterocycles. The molecule has 5 aliphatic carbocycles. The molecule has 0 saturated carbocycles. The SMILES string of the molecule is C.C.C#CC.C=CC(=CC/C1=C(\CC)C(=C)/C=C\C=C/CC2=C1C=CC=CC2)c1ccc2c3ccc(C4=C/CC5=C(CCC=CC5)C5=C(C=CCCC5)C/C=C\4)cc3c3ccccc3c2c1.CC.CC.CC. The number of rotatable bonds is 6. The molecule has 4 aromatic carbocycles. The van der Waals surface area contributed by atoms with Gasteiger partial charge in [0.05, 0.1) is 0 Å². The first-order valence-electron chi connectivity index (χ1n) is 26.5. The van der Waals surface area contributed by atoms with Crippen molar-refractivity contribution in [1.82, 2.24) is 0 Å². The highest BCUT2D eigenvalue weighted by atomic mass is 14.2. The molecule has 0 bridgehead atoms. The van der Waals surface area contributed by atoms with E-state index in [9.17, 15) is 0 Å². The molecule has 72 heavy (non-hydrogen) atoms. The van der Waals surface area contributed by atoms with E-state index in [4.69, 9.17) is 0 Å². The van der Waals surface area contributed by atoms with E-state index in [1.807, 2.05) is 47.6 Å². The summed E-state index contributed by atoms with van der Waals surface area (Å²) in [6.07, 6.45) is 56.2. The molecule has 0 nitrogen and oxygen atoms in total. The Morgan fingerprint density at radius 2 is 1.25 bits per heavy atom. The lowest BCUT2D eigenvalue weighted by Crippen LogP contribution is -2.00. The normalized spacial score (nSPS) is 19.5. The molecule has 0 radical (unpaired) electrons. The quantitative estimate of drug-likeness (QED) is 0.0782. The van der Waals surface area contributed by atoms with Gasteiger partial charge in [-0.15, -0.1) is 12.3 Å². The van der Waals surface area contributed by atoms with Crippen LogP contribution in [0.4, 0.5) is 0 Å². The second-order valence-electron chi connectivity index (χ2n) is 17.3. The van der Waals surface area contributed by atoms with Gasteiger partial charge in [-0.25, -0.2) is 0 Å². The maximum absolute atomic E-state index is 4.60. The van der Waals surface area contributed by atoms with Crippen LogP contribution in [0.25, 0.3) is 43.5 Å². The number of benzene rings is 4.